The maximum atomic E-state index is 12.2. The lowest BCUT2D eigenvalue weighted by atomic mass is 9.94. The normalized spacial score (nSPS) is 17.9. The number of hydrogen-bond donors (Lipinski definition) is 1. The van der Waals surface area contributed by atoms with E-state index in [4.69, 9.17) is 5.26 Å². The molecule has 1 aliphatic carbocycles. The number of nitrogens with zero attached hydrogens (tertiary/aromatic N) is 5. The Morgan fingerprint density at radius 2 is 2.11 bits per heavy atom. The van der Waals surface area contributed by atoms with Gasteiger partial charge in [-0.15, -0.1) is 0 Å². The SMILES string of the molecule is N#Cc1ccc(C(=O)NCc2cc3n(n2)CCN(C2CCCCC2)C3)cn1. The standard InChI is InChI=1S/C20H24N6O/c21-11-16-7-6-15(12-22-16)20(27)23-13-17-10-19-14-25(8-9-26(19)24-17)18-4-2-1-3-5-18/h6-7,10,12,18H,1-5,8-9,13-14H2,(H,23,27). The van der Waals surface area contributed by atoms with E-state index in [9.17, 15) is 4.79 Å². The van der Waals surface area contributed by atoms with Gasteiger partial charge in [0.25, 0.3) is 5.91 Å². The number of carbonyl (C=O) groups excluding carboxylic acids is 1. The molecule has 1 saturated carbocycles. The van der Waals surface area contributed by atoms with Gasteiger partial charge in [0.05, 0.1) is 30.0 Å². The van der Waals surface area contributed by atoms with Crippen molar-refractivity contribution in [2.75, 3.05) is 6.54 Å². The van der Waals surface area contributed by atoms with Crippen molar-refractivity contribution < 1.29 is 4.79 Å². The Balaban J connectivity index is 1.35. The highest BCUT2D eigenvalue weighted by atomic mass is 16.1. The summed E-state index contributed by atoms with van der Waals surface area (Å²) in [5, 5.41) is 16.3. The van der Waals surface area contributed by atoms with Crippen LogP contribution < -0.4 is 5.32 Å². The first-order valence-electron chi connectivity index (χ1n) is 9.67. The number of carbonyl (C=O) groups is 1. The van der Waals surface area contributed by atoms with E-state index in [2.05, 4.69) is 31.0 Å². The summed E-state index contributed by atoms with van der Waals surface area (Å²) in [6.45, 7) is 3.31. The first-order valence-corrected chi connectivity index (χ1v) is 9.67. The fourth-order valence-electron chi connectivity index (χ4n) is 4.06. The van der Waals surface area contributed by atoms with Crippen molar-refractivity contribution in [3.05, 3.63) is 47.0 Å². The minimum Gasteiger partial charge on any atom is -0.346 e. The lowest BCUT2D eigenvalue weighted by Gasteiger charge is -2.36. The van der Waals surface area contributed by atoms with E-state index in [1.807, 2.05) is 6.07 Å². The highest BCUT2D eigenvalue weighted by molar-refractivity contribution is 5.93. The third kappa shape index (κ3) is 4.01. The zero-order valence-electron chi connectivity index (χ0n) is 15.4. The zero-order chi connectivity index (χ0) is 18.6. The van der Waals surface area contributed by atoms with Crippen molar-refractivity contribution in [2.45, 2.75) is 57.8 Å². The molecule has 0 atom stereocenters. The molecule has 1 N–H and O–H groups in total. The third-order valence-corrected chi connectivity index (χ3v) is 5.54. The molecule has 0 spiro atoms. The predicted molar refractivity (Wildman–Crippen MR) is 99.6 cm³/mol. The summed E-state index contributed by atoms with van der Waals surface area (Å²) in [4.78, 5) is 18.8. The average Bonchev–Trinajstić information content (AvgIpc) is 3.15. The smallest absolute Gasteiger partial charge is 0.253 e. The van der Waals surface area contributed by atoms with E-state index in [0.717, 1.165) is 31.4 Å². The first kappa shape index (κ1) is 17.7. The number of nitriles is 1. The second kappa shape index (κ2) is 7.89. The number of aromatic nitrogens is 3. The van der Waals surface area contributed by atoms with Gasteiger partial charge in [0.1, 0.15) is 11.8 Å². The topological polar surface area (TPSA) is 86.8 Å². The van der Waals surface area contributed by atoms with Gasteiger partial charge in [-0.05, 0) is 31.0 Å². The molecule has 4 rings (SSSR count). The summed E-state index contributed by atoms with van der Waals surface area (Å²) in [6, 6.07) is 7.92. The zero-order valence-corrected chi connectivity index (χ0v) is 15.4. The summed E-state index contributed by atoms with van der Waals surface area (Å²) >= 11 is 0. The molecule has 1 fully saturated rings. The molecule has 2 aromatic heterocycles. The van der Waals surface area contributed by atoms with Gasteiger partial charge < -0.3 is 5.32 Å². The number of pyridine rings is 1. The van der Waals surface area contributed by atoms with Crippen molar-refractivity contribution >= 4 is 5.91 Å². The molecule has 0 saturated heterocycles. The molecule has 0 aromatic carbocycles. The molecule has 0 unspecified atom stereocenters. The molecule has 2 aliphatic rings. The fourth-order valence-corrected chi connectivity index (χ4v) is 4.06. The Hall–Kier alpha value is -2.72. The van der Waals surface area contributed by atoms with Gasteiger partial charge in [-0.3, -0.25) is 14.4 Å². The van der Waals surface area contributed by atoms with Crippen LogP contribution in [0.4, 0.5) is 0 Å². The quantitative estimate of drug-likeness (QED) is 0.899. The van der Waals surface area contributed by atoms with Crippen molar-refractivity contribution in [1.29, 1.82) is 5.26 Å². The van der Waals surface area contributed by atoms with Crippen molar-refractivity contribution in [3.8, 4) is 6.07 Å². The van der Waals surface area contributed by atoms with Crippen molar-refractivity contribution in [3.63, 3.8) is 0 Å². The third-order valence-electron chi connectivity index (χ3n) is 5.54. The van der Waals surface area contributed by atoms with Crippen LogP contribution in [0.25, 0.3) is 0 Å². The van der Waals surface area contributed by atoms with E-state index < -0.39 is 0 Å². The molecule has 0 bridgehead atoms. The van der Waals surface area contributed by atoms with Gasteiger partial charge in [0.15, 0.2) is 0 Å². The second-order valence-corrected chi connectivity index (χ2v) is 7.34. The molecule has 27 heavy (non-hydrogen) atoms. The van der Waals surface area contributed by atoms with Gasteiger partial charge in [-0.2, -0.15) is 10.4 Å². The Labute approximate surface area is 159 Å². The summed E-state index contributed by atoms with van der Waals surface area (Å²) < 4.78 is 2.07. The van der Waals surface area contributed by atoms with Crippen LogP contribution >= 0.6 is 0 Å². The predicted octanol–water partition coefficient (Wildman–Crippen LogP) is 2.23. The van der Waals surface area contributed by atoms with Gasteiger partial charge in [0.2, 0.25) is 0 Å². The van der Waals surface area contributed by atoms with Crippen LogP contribution in [-0.2, 0) is 19.6 Å². The Morgan fingerprint density at radius 3 is 2.85 bits per heavy atom. The number of nitrogens with one attached hydrogen (secondary N) is 1. The monoisotopic (exact) mass is 364 g/mol. The summed E-state index contributed by atoms with van der Waals surface area (Å²) in [7, 11) is 0. The Kier molecular flexibility index (Phi) is 5.16. The van der Waals surface area contributed by atoms with Gasteiger partial charge in [-0.1, -0.05) is 19.3 Å². The molecular weight excluding hydrogens is 340 g/mol. The molecule has 7 heteroatoms. The van der Waals surface area contributed by atoms with Crippen LogP contribution in [0.5, 0.6) is 0 Å². The minimum absolute atomic E-state index is 0.207. The number of fused-ring (bicyclic) bond motifs is 1. The first-order chi connectivity index (χ1) is 13.2. The van der Waals surface area contributed by atoms with Crippen LogP contribution in [0.15, 0.2) is 24.4 Å². The van der Waals surface area contributed by atoms with Crippen molar-refractivity contribution in [2.24, 2.45) is 0 Å². The summed E-state index contributed by atoms with van der Waals surface area (Å²) in [6.07, 6.45) is 8.13. The Bertz CT molecular complexity index is 844. The van der Waals surface area contributed by atoms with Gasteiger partial charge >= 0.3 is 0 Å². The number of hydrogen-bond acceptors (Lipinski definition) is 5. The lowest BCUT2D eigenvalue weighted by molar-refractivity contribution is 0.0950. The largest absolute Gasteiger partial charge is 0.346 e. The van der Waals surface area contributed by atoms with Gasteiger partial charge in [-0.25, -0.2) is 4.98 Å². The minimum atomic E-state index is -0.207. The molecular formula is C20H24N6O. The fraction of sp³-hybridized carbons (Fsp3) is 0.500. The van der Waals surface area contributed by atoms with Crippen molar-refractivity contribution in [1.82, 2.24) is 25.0 Å². The van der Waals surface area contributed by atoms with Crippen LogP contribution in [0.1, 0.15) is 59.5 Å². The van der Waals surface area contributed by atoms with Crippen LogP contribution in [0.3, 0.4) is 0 Å². The van der Waals surface area contributed by atoms with E-state index in [-0.39, 0.29) is 5.91 Å². The molecule has 1 aliphatic heterocycles. The van der Waals surface area contributed by atoms with Crippen LogP contribution in [-0.4, -0.2) is 38.2 Å². The van der Waals surface area contributed by atoms with E-state index in [1.165, 1.54) is 44.0 Å². The molecule has 3 heterocycles. The number of rotatable bonds is 4. The van der Waals surface area contributed by atoms with E-state index >= 15 is 0 Å². The molecule has 2 aromatic rings. The van der Waals surface area contributed by atoms with E-state index in [1.54, 1.807) is 12.1 Å². The molecule has 0 radical (unpaired) electrons. The van der Waals surface area contributed by atoms with Crippen LogP contribution in [0, 0.1) is 11.3 Å². The second-order valence-electron chi connectivity index (χ2n) is 7.34. The Morgan fingerprint density at radius 1 is 1.26 bits per heavy atom. The van der Waals surface area contributed by atoms with Crippen LogP contribution in [0.2, 0.25) is 0 Å². The highest BCUT2D eigenvalue weighted by Gasteiger charge is 2.26. The maximum absolute atomic E-state index is 12.2. The average molecular weight is 364 g/mol. The van der Waals surface area contributed by atoms with Gasteiger partial charge in [0, 0.05) is 25.3 Å². The molecule has 1 amide bonds. The summed E-state index contributed by atoms with van der Waals surface area (Å²) in [5.74, 6) is -0.207. The molecule has 140 valence electrons. The lowest BCUT2D eigenvalue weighted by Crippen LogP contribution is -2.42. The maximum Gasteiger partial charge on any atom is 0.253 e. The van der Waals surface area contributed by atoms with E-state index in [0.29, 0.717) is 17.8 Å². The highest BCUT2D eigenvalue weighted by Crippen LogP contribution is 2.26. The number of amides is 1. The molecule has 7 nitrogen and oxygen atoms in total. The summed E-state index contributed by atoms with van der Waals surface area (Å²) in [5.41, 5.74) is 2.86.